The van der Waals surface area contributed by atoms with Gasteiger partial charge in [-0.1, -0.05) is 30.3 Å². The van der Waals surface area contributed by atoms with Gasteiger partial charge in [-0.15, -0.1) is 0 Å². The Bertz CT molecular complexity index is 980. The smallest absolute Gasteiger partial charge is 0.387 e. The number of aryl methyl sites for hydroxylation is 2. The van der Waals surface area contributed by atoms with Crippen LogP contribution in [0.2, 0.25) is 0 Å². The second-order valence-corrected chi connectivity index (χ2v) is 5.60. The van der Waals surface area contributed by atoms with Crippen molar-refractivity contribution in [2.24, 2.45) is 5.10 Å². The first-order valence-corrected chi connectivity index (χ1v) is 7.82. The largest absolute Gasteiger partial charge is 0.466 e. The van der Waals surface area contributed by atoms with Crippen LogP contribution < -0.4 is 10.2 Å². The number of carbonyl (C=O) groups is 1. The molecule has 26 heavy (non-hydrogen) atoms. The van der Waals surface area contributed by atoms with Gasteiger partial charge in [-0.05, 0) is 36.8 Å². The summed E-state index contributed by atoms with van der Waals surface area (Å²) in [6.07, 6.45) is 1.29. The molecule has 0 unspecified atom stereocenters. The minimum absolute atomic E-state index is 0.0213. The van der Waals surface area contributed by atoms with Crippen molar-refractivity contribution in [1.82, 2.24) is 5.43 Å². The van der Waals surface area contributed by atoms with Gasteiger partial charge >= 0.3 is 6.61 Å². The van der Waals surface area contributed by atoms with Crippen molar-refractivity contribution >= 4 is 22.9 Å². The molecule has 1 aromatic heterocycles. The zero-order valence-electron chi connectivity index (χ0n) is 14.1. The predicted octanol–water partition coefficient (Wildman–Crippen LogP) is 4.41. The lowest BCUT2D eigenvalue weighted by molar-refractivity contribution is -0.0498. The lowest BCUT2D eigenvalue weighted by Crippen LogP contribution is -2.18. The number of hydrogen-bond donors (Lipinski definition) is 1. The average Bonchev–Trinajstić information content (AvgIpc) is 2.94. The zero-order valence-corrected chi connectivity index (χ0v) is 14.1. The Hall–Kier alpha value is -3.22. The van der Waals surface area contributed by atoms with Crippen molar-refractivity contribution in [1.29, 1.82) is 0 Å². The van der Waals surface area contributed by atoms with Crippen LogP contribution in [0, 0.1) is 13.8 Å². The number of amides is 1. The fourth-order valence-electron chi connectivity index (χ4n) is 2.68. The van der Waals surface area contributed by atoms with Crippen molar-refractivity contribution in [2.75, 3.05) is 0 Å². The molecule has 0 atom stereocenters. The topological polar surface area (TPSA) is 63.8 Å². The van der Waals surface area contributed by atoms with Gasteiger partial charge in [-0.25, -0.2) is 5.43 Å². The number of carbonyl (C=O) groups excluding carboxylic acids is 1. The number of ether oxygens (including phenoxy) is 1. The molecule has 2 aromatic carbocycles. The van der Waals surface area contributed by atoms with Crippen molar-refractivity contribution in [3.63, 3.8) is 0 Å². The summed E-state index contributed by atoms with van der Waals surface area (Å²) in [5.74, 6) is 0.611. The molecule has 0 saturated carbocycles. The highest BCUT2D eigenvalue weighted by atomic mass is 19.3. The first-order valence-electron chi connectivity index (χ1n) is 7.82. The number of furan rings is 1. The maximum Gasteiger partial charge on any atom is 0.387 e. The maximum absolute atomic E-state index is 12.7. The Morgan fingerprint density at radius 2 is 2.00 bits per heavy atom. The van der Waals surface area contributed by atoms with E-state index in [4.69, 9.17) is 4.42 Å². The molecule has 0 radical (unpaired) electrons. The Morgan fingerprint density at radius 3 is 2.69 bits per heavy atom. The van der Waals surface area contributed by atoms with Gasteiger partial charge in [0.25, 0.3) is 5.91 Å². The highest BCUT2D eigenvalue weighted by Gasteiger charge is 2.14. The van der Waals surface area contributed by atoms with Crippen LogP contribution in [-0.4, -0.2) is 18.7 Å². The summed E-state index contributed by atoms with van der Waals surface area (Å²) in [4.78, 5) is 12.2. The number of fused-ring (bicyclic) bond motifs is 1. The van der Waals surface area contributed by atoms with Crippen LogP contribution in [0.5, 0.6) is 5.75 Å². The van der Waals surface area contributed by atoms with E-state index in [0.29, 0.717) is 28.0 Å². The highest BCUT2D eigenvalue weighted by Crippen LogP contribution is 2.27. The van der Waals surface area contributed by atoms with Gasteiger partial charge in [0.15, 0.2) is 0 Å². The summed E-state index contributed by atoms with van der Waals surface area (Å²) >= 11 is 0. The van der Waals surface area contributed by atoms with Crippen LogP contribution in [0.3, 0.4) is 0 Å². The summed E-state index contributed by atoms with van der Waals surface area (Å²) in [7, 11) is 0. The summed E-state index contributed by atoms with van der Waals surface area (Å²) in [5, 5.41) is 5.41. The van der Waals surface area contributed by atoms with E-state index in [1.807, 2.05) is 12.1 Å². The monoisotopic (exact) mass is 358 g/mol. The molecule has 1 N–H and O–H groups in total. The number of nitrogens with one attached hydrogen (secondary N) is 1. The molecular weight excluding hydrogens is 342 g/mol. The summed E-state index contributed by atoms with van der Waals surface area (Å²) in [6.45, 7) is 0.441. The van der Waals surface area contributed by atoms with Crippen molar-refractivity contribution < 1.29 is 22.7 Å². The van der Waals surface area contributed by atoms with E-state index in [1.165, 1.54) is 12.3 Å². The molecule has 3 rings (SSSR count). The van der Waals surface area contributed by atoms with Crippen LogP contribution in [-0.2, 0) is 0 Å². The molecule has 0 aliphatic carbocycles. The minimum Gasteiger partial charge on any atom is -0.466 e. The lowest BCUT2D eigenvalue weighted by Gasteiger charge is -2.10. The van der Waals surface area contributed by atoms with Gasteiger partial charge in [-0.2, -0.15) is 13.9 Å². The Kier molecular flexibility index (Phi) is 4.97. The van der Waals surface area contributed by atoms with Crippen LogP contribution in [0.4, 0.5) is 8.78 Å². The van der Waals surface area contributed by atoms with E-state index in [9.17, 15) is 13.6 Å². The van der Waals surface area contributed by atoms with Gasteiger partial charge in [-0.3, -0.25) is 4.79 Å². The molecule has 1 amide bonds. The molecule has 1 heterocycles. The van der Waals surface area contributed by atoms with Crippen molar-refractivity contribution in [3.05, 3.63) is 65.1 Å². The zero-order chi connectivity index (χ0) is 18.7. The number of hydrazone groups is 1. The third-order valence-corrected chi connectivity index (χ3v) is 3.79. The molecular formula is C19H16F2N2O3. The van der Waals surface area contributed by atoms with Crippen LogP contribution in [0.25, 0.3) is 10.8 Å². The highest BCUT2D eigenvalue weighted by molar-refractivity contribution is 6.03. The fraction of sp³-hybridized carbons (Fsp3) is 0.158. The second-order valence-electron chi connectivity index (χ2n) is 5.60. The van der Waals surface area contributed by atoms with E-state index in [2.05, 4.69) is 15.3 Å². The van der Waals surface area contributed by atoms with E-state index >= 15 is 0 Å². The summed E-state index contributed by atoms with van der Waals surface area (Å²) < 4.78 is 35.2. The van der Waals surface area contributed by atoms with Crippen molar-refractivity contribution in [3.8, 4) is 5.75 Å². The molecule has 0 aliphatic rings. The Morgan fingerprint density at radius 1 is 1.23 bits per heavy atom. The van der Waals surface area contributed by atoms with E-state index in [0.717, 1.165) is 5.39 Å². The third kappa shape index (κ3) is 3.72. The number of benzene rings is 2. The van der Waals surface area contributed by atoms with Gasteiger partial charge in [0.2, 0.25) is 0 Å². The standard InChI is InChI=1S/C19H16F2N2O3/c1-11-9-15(12(2)25-11)18(24)23-22-10-16-14-6-4-3-5-13(14)7-8-17(16)26-19(20)21/h3-10,19H,1-2H3,(H,23,24)/b22-10-. The Labute approximate surface area is 148 Å². The number of alkyl halides is 2. The quantitative estimate of drug-likeness (QED) is 0.543. The molecule has 7 heteroatoms. The number of nitrogens with zero attached hydrogens (tertiary/aromatic N) is 1. The number of hydrogen-bond acceptors (Lipinski definition) is 4. The molecule has 0 bridgehead atoms. The van der Waals surface area contributed by atoms with E-state index < -0.39 is 12.5 Å². The van der Waals surface area contributed by atoms with Crippen LogP contribution >= 0.6 is 0 Å². The third-order valence-electron chi connectivity index (χ3n) is 3.79. The summed E-state index contributed by atoms with van der Waals surface area (Å²) in [6, 6.07) is 11.9. The molecule has 0 spiro atoms. The SMILES string of the molecule is Cc1cc(C(=O)N/N=C\c2c(OC(F)F)ccc3ccccc23)c(C)o1. The number of halogens is 2. The van der Waals surface area contributed by atoms with Crippen molar-refractivity contribution in [2.45, 2.75) is 20.5 Å². The minimum atomic E-state index is -2.96. The lowest BCUT2D eigenvalue weighted by atomic mass is 10.0. The van der Waals surface area contributed by atoms with Gasteiger partial charge in [0.05, 0.1) is 11.8 Å². The van der Waals surface area contributed by atoms with Gasteiger partial charge in [0.1, 0.15) is 17.3 Å². The van der Waals surface area contributed by atoms with Crippen LogP contribution in [0.15, 0.2) is 52.0 Å². The van der Waals surface area contributed by atoms with Crippen LogP contribution in [0.1, 0.15) is 27.4 Å². The number of rotatable bonds is 5. The second kappa shape index (κ2) is 7.35. The average molecular weight is 358 g/mol. The van der Waals surface area contributed by atoms with Gasteiger partial charge in [0, 0.05) is 5.56 Å². The Balaban J connectivity index is 1.90. The first-order chi connectivity index (χ1) is 12.5. The molecule has 0 saturated heterocycles. The molecule has 0 aliphatic heterocycles. The predicted molar refractivity (Wildman–Crippen MR) is 93.8 cm³/mol. The summed E-state index contributed by atoms with van der Waals surface area (Å²) in [5.41, 5.74) is 3.09. The van der Waals surface area contributed by atoms with Gasteiger partial charge < -0.3 is 9.15 Å². The maximum atomic E-state index is 12.7. The molecule has 3 aromatic rings. The fourth-order valence-corrected chi connectivity index (χ4v) is 2.68. The van der Waals surface area contributed by atoms with E-state index in [-0.39, 0.29) is 5.75 Å². The normalized spacial score (nSPS) is 11.4. The molecule has 5 nitrogen and oxygen atoms in total. The van der Waals surface area contributed by atoms with E-state index in [1.54, 1.807) is 38.1 Å². The first kappa shape index (κ1) is 17.6. The molecule has 134 valence electrons. The molecule has 0 fully saturated rings.